The van der Waals surface area contributed by atoms with Crippen molar-refractivity contribution in [3.8, 4) is 6.19 Å². The first-order valence-electron chi connectivity index (χ1n) is 10.7. The second-order valence-corrected chi connectivity index (χ2v) is 8.21. The summed E-state index contributed by atoms with van der Waals surface area (Å²) in [7, 11) is 0. The Bertz CT molecular complexity index is 1110. The minimum Gasteiger partial charge on any atom is -0.310 e. The van der Waals surface area contributed by atoms with Crippen molar-refractivity contribution < 1.29 is 0 Å². The maximum Gasteiger partial charge on any atom is 0.221 e. The number of aromatic nitrogens is 2. The van der Waals surface area contributed by atoms with Gasteiger partial charge in [-0.3, -0.25) is 4.90 Å². The lowest BCUT2D eigenvalue weighted by molar-refractivity contribution is 0.138. The van der Waals surface area contributed by atoms with Gasteiger partial charge in [-0.1, -0.05) is 36.4 Å². The smallest absolute Gasteiger partial charge is 0.221 e. The molecule has 5 heteroatoms. The summed E-state index contributed by atoms with van der Waals surface area (Å²) in [5, 5.41) is 9.31. The zero-order chi connectivity index (χ0) is 19.8. The van der Waals surface area contributed by atoms with Crippen LogP contribution in [0.4, 0.5) is 0 Å². The van der Waals surface area contributed by atoms with E-state index in [1.165, 1.54) is 29.5 Å². The van der Waals surface area contributed by atoms with Crippen LogP contribution in [0.5, 0.6) is 0 Å². The summed E-state index contributed by atoms with van der Waals surface area (Å²) < 4.78 is 4.49. The first kappa shape index (κ1) is 18.2. The van der Waals surface area contributed by atoms with Crippen molar-refractivity contribution in [3.63, 3.8) is 0 Å². The molecule has 1 saturated heterocycles. The number of likely N-dealkylation sites (tertiary alicyclic amines) is 1. The van der Waals surface area contributed by atoms with Gasteiger partial charge in [0.25, 0.3) is 0 Å². The van der Waals surface area contributed by atoms with E-state index >= 15 is 0 Å². The van der Waals surface area contributed by atoms with Crippen LogP contribution in [0.2, 0.25) is 0 Å². The molecule has 29 heavy (non-hydrogen) atoms. The highest BCUT2D eigenvalue weighted by atomic mass is 15.2. The third-order valence-corrected chi connectivity index (χ3v) is 6.77. The molecule has 5 nitrogen and oxygen atoms in total. The summed E-state index contributed by atoms with van der Waals surface area (Å²) in [5.74, 6) is 0. The largest absolute Gasteiger partial charge is 0.310 e. The Morgan fingerprint density at radius 1 is 0.931 bits per heavy atom. The van der Waals surface area contributed by atoms with Crippen LogP contribution in [-0.2, 0) is 19.4 Å². The number of hydrogen-bond donors (Lipinski definition) is 0. The number of benzene rings is 2. The number of para-hydroxylation sites is 2. The molecule has 1 aliphatic heterocycles. The van der Waals surface area contributed by atoms with E-state index in [0.717, 1.165) is 43.6 Å². The van der Waals surface area contributed by atoms with Crippen LogP contribution < -0.4 is 5.62 Å². The van der Waals surface area contributed by atoms with E-state index in [1.54, 1.807) is 0 Å². The Hall–Kier alpha value is -2.84. The second-order valence-electron chi connectivity index (χ2n) is 8.21. The molecule has 0 N–H and O–H groups in total. The molecule has 1 aromatic heterocycles. The molecule has 148 valence electrons. The molecule has 0 radical (unpaired) electrons. The van der Waals surface area contributed by atoms with Crippen LogP contribution >= 0.6 is 0 Å². The van der Waals surface area contributed by atoms with E-state index in [1.807, 2.05) is 6.19 Å². The highest BCUT2D eigenvalue weighted by Crippen LogP contribution is 2.31. The van der Waals surface area contributed by atoms with Crippen molar-refractivity contribution in [2.24, 2.45) is 4.99 Å². The van der Waals surface area contributed by atoms with Crippen molar-refractivity contribution >= 4 is 11.0 Å². The number of nitrogens with zero attached hydrogens (tertiary/aromatic N) is 5. The number of fused-ring (bicyclic) bond motifs is 2. The van der Waals surface area contributed by atoms with Gasteiger partial charge < -0.3 is 9.13 Å². The topological polar surface area (TPSA) is 49.2 Å². The summed E-state index contributed by atoms with van der Waals surface area (Å²) in [6.45, 7) is 5.14. The lowest BCUT2D eigenvalue weighted by Gasteiger charge is -2.36. The molecule has 1 aliphatic carbocycles. The minimum absolute atomic E-state index is 0.389. The van der Waals surface area contributed by atoms with E-state index in [0.29, 0.717) is 12.1 Å². The van der Waals surface area contributed by atoms with E-state index in [2.05, 4.69) is 74.5 Å². The van der Waals surface area contributed by atoms with Gasteiger partial charge in [-0.2, -0.15) is 5.26 Å². The first-order chi connectivity index (χ1) is 14.3. The standard InChI is InChI=1S/C24H27N5/c1-2-28-22-9-5-6-10-23(22)29(24(28)26-17-25)20-11-13-27(14-12-20)21-15-18-7-3-4-8-19(18)16-21/h3-10,20-21H,2,11-16H2,1H3. The van der Waals surface area contributed by atoms with E-state index in [4.69, 9.17) is 0 Å². The molecule has 2 aromatic carbocycles. The summed E-state index contributed by atoms with van der Waals surface area (Å²) in [4.78, 5) is 6.91. The van der Waals surface area contributed by atoms with Crippen LogP contribution in [0, 0.1) is 11.5 Å². The molecule has 0 saturated carbocycles. The van der Waals surface area contributed by atoms with Gasteiger partial charge in [-0.25, -0.2) is 0 Å². The molecule has 0 unspecified atom stereocenters. The molecule has 0 spiro atoms. The Morgan fingerprint density at radius 2 is 1.55 bits per heavy atom. The summed E-state index contributed by atoms with van der Waals surface area (Å²) in [6, 6.07) is 18.4. The van der Waals surface area contributed by atoms with E-state index in [-0.39, 0.29) is 0 Å². The van der Waals surface area contributed by atoms with Crippen LogP contribution in [0.3, 0.4) is 0 Å². The number of nitriles is 1. The van der Waals surface area contributed by atoms with Gasteiger partial charge in [0.1, 0.15) is 0 Å². The van der Waals surface area contributed by atoms with Crippen molar-refractivity contribution in [2.45, 2.75) is 51.2 Å². The van der Waals surface area contributed by atoms with Crippen LogP contribution in [0.25, 0.3) is 11.0 Å². The lowest BCUT2D eigenvalue weighted by atomic mass is 10.0. The molecule has 0 amide bonds. The molecule has 3 aromatic rings. The minimum atomic E-state index is 0.389. The lowest BCUT2D eigenvalue weighted by Crippen LogP contribution is -2.43. The van der Waals surface area contributed by atoms with Gasteiger partial charge in [0.15, 0.2) is 0 Å². The summed E-state index contributed by atoms with van der Waals surface area (Å²) in [5.41, 5.74) is 6.20. The van der Waals surface area contributed by atoms with Crippen molar-refractivity contribution in [3.05, 3.63) is 65.3 Å². The Labute approximate surface area is 171 Å². The highest BCUT2D eigenvalue weighted by molar-refractivity contribution is 5.76. The molecular formula is C24H27N5. The van der Waals surface area contributed by atoms with Crippen LogP contribution in [0.1, 0.15) is 36.9 Å². The SMILES string of the molecule is CCn1c(=NC#N)n(C2CCN(C3Cc4ccccc4C3)CC2)c2ccccc21. The zero-order valence-electron chi connectivity index (χ0n) is 17.0. The van der Waals surface area contributed by atoms with Crippen LogP contribution in [0.15, 0.2) is 53.5 Å². The third kappa shape index (κ3) is 3.08. The van der Waals surface area contributed by atoms with E-state index in [9.17, 15) is 5.26 Å². The summed E-state index contributed by atoms with van der Waals surface area (Å²) >= 11 is 0. The monoisotopic (exact) mass is 385 g/mol. The van der Waals surface area contributed by atoms with Crippen molar-refractivity contribution in [1.29, 1.82) is 5.26 Å². The number of piperidine rings is 1. The molecular weight excluding hydrogens is 358 g/mol. The first-order valence-corrected chi connectivity index (χ1v) is 10.7. The van der Waals surface area contributed by atoms with Crippen molar-refractivity contribution in [2.75, 3.05) is 13.1 Å². The van der Waals surface area contributed by atoms with Gasteiger partial charge in [0.05, 0.1) is 11.0 Å². The maximum atomic E-state index is 9.31. The molecule has 2 aliphatic rings. The van der Waals surface area contributed by atoms with Gasteiger partial charge in [0, 0.05) is 31.7 Å². The number of hydrogen-bond acceptors (Lipinski definition) is 3. The molecule has 1 fully saturated rings. The Morgan fingerprint density at radius 3 is 2.17 bits per heavy atom. The highest BCUT2D eigenvalue weighted by Gasteiger charge is 2.31. The Balaban J connectivity index is 1.41. The average molecular weight is 386 g/mol. The third-order valence-electron chi connectivity index (χ3n) is 6.77. The quantitative estimate of drug-likeness (QED) is 0.646. The van der Waals surface area contributed by atoms with Gasteiger partial charge in [0.2, 0.25) is 11.8 Å². The normalized spacial score (nSPS) is 19.0. The fourth-order valence-corrected chi connectivity index (χ4v) is 5.38. The van der Waals surface area contributed by atoms with Crippen LogP contribution in [-0.4, -0.2) is 33.2 Å². The summed E-state index contributed by atoms with van der Waals surface area (Å²) in [6.07, 6.45) is 6.59. The molecule has 0 bridgehead atoms. The van der Waals surface area contributed by atoms with Crippen molar-refractivity contribution in [1.82, 2.24) is 14.0 Å². The fourth-order valence-electron chi connectivity index (χ4n) is 5.38. The predicted octanol–water partition coefficient (Wildman–Crippen LogP) is 3.65. The average Bonchev–Trinajstić information content (AvgIpc) is 3.33. The van der Waals surface area contributed by atoms with Gasteiger partial charge >= 0.3 is 0 Å². The molecule has 2 heterocycles. The number of aryl methyl sites for hydroxylation is 1. The van der Waals surface area contributed by atoms with Gasteiger partial charge in [-0.15, -0.1) is 4.99 Å². The molecule has 0 atom stereocenters. The number of rotatable bonds is 3. The fraction of sp³-hybridized carbons (Fsp3) is 0.417. The van der Waals surface area contributed by atoms with E-state index < -0.39 is 0 Å². The molecule has 5 rings (SSSR count). The predicted molar refractivity (Wildman–Crippen MR) is 114 cm³/mol. The second kappa shape index (κ2) is 7.53. The Kier molecular flexibility index (Phi) is 4.73. The zero-order valence-corrected chi connectivity index (χ0v) is 17.0. The van der Waals surface area contributed by atoms with Gasteiger partial charge in [-0.05, 0) is 55.9 Å². The maximum absolute atomic E-state index is 9.31. The number of imidazole rings is 1.